The molecule has 6 nitrogen and oxygen atoms in total. The summed E-state index contributed by atoms with van der Waals surface area (Å²) < 4.78 is 38.0. The van der Waals surface area contributed by atoms with E-state index in [0.29, 0.717) is 36.6 Å². The highest BCUT2D eigenvalue weighted by molar-refractivity contribution is 5.76. The fourth-order valence-electron chi connectivity index (χ4n) is 4.23. The maximum Gasteiger partial charge on any atom is 0.433 e. The number of benzene rings is 1. The number of hydrogen-bond donors (Lipinski definition) is 1. The number of nitrogens with zero attached hydrogens (tertiary/aromatic N) is 4. The number of hydrogen-bond acceptors (Lipinski definition) is 6. The Morgan fingerprint density at radius 3 is 2.32 bits per heavy atom. The fourth-order valence-corrected chi connectivity index (χ4v) is 4.23. The minimum atomic E-state index is -4.43. The molecule has 1 aromatic carbocycles. The van der Waals surface area contributed by atoms with E-state index in [4.69, 9.17) is 0 Å². The van der Waals surface area contributed by atoms with Crippen LogP contribution in [0.4, 0.5) is 18.9 Å². The third-order valence-corrected chi connectivity index (χ3v) is 6.15. The maximum absolute atomic E-state index is 12.7. The number of aromatic hydroxyl groups is 1. The summed E-state index contributed by atoms with van der Waals surface area (Å²) in [7, 11) is 0. The molecule has 3 heterocycles. The molecular weight excluding hydrogens is 445 g/mol. The molecule has 1 saturated heterocycles. The molecule has 1 fully saturated rings. The predicted octanol–water partition coefficient (Wildman–Crippen LogP) is 4.77. The van der Waals surface area contributed by atoms with E-state index in [1.807, 2.05) is 24.3 Å². The Morgan fingerprint density at radius 1 is 1.06 bits per heavy atom. The zero-order valence-corrected chi connectivity index (χ0v) is 18.7. The van der Waals surface area contributed by atoms with Gasteiger partial charge in [-0.1, -0.05) is 18.2 Å². The van der Waals surface area contributed by atoms with Crippen molar-refractivity contribution in [1.29, 1.82) is 0 Å². The lowest BCUT2D eigenvalue weighted by atomic mass is 9.92. The van der Waals surface area contributed by atoms with Crippen LogP contribution in [0.5, 0.6) is 5.75 Å². The average molecular weight is 470 g/mol. The van der Waals surface area contributed by atoms with Gasteiger partial charge in [-0.05, 0) is 61.4 Å². The first kappa shape index (κ1) is 23.7. The van der Waals surface area contributed by atoms with Crippen molar-refractivity contribution in [3.8, 4) is 5.75 Å². The van der Waals surface area contributed by atoms with E-state index in [1.165, 1.54) is 12.3 Å². The first-order chi connectivity index (χ1) is 16.2. The summed E-state index contributed by atoms with van der Waals surface area (Å²) in [5.41, 5.74) is 2.40. The van der Waals surface area contributed by atoms with Crippen molar-refractivity contribution < 1.29 is 23.1 Å². The van der Waals surface area contributed by atoms with Crippen LogP contribution in [0, 0.1) is 12.8 Å². The van der Waals surface area contributed by atoms with Crippen LogP contribution in [0.1, 0.15) is 51.7 Å². The summed E-state index contributed by atoms with van der Waals surface area (Å²) in [4.78, 5) is 25.4. The van der Waals surface area contributed by atoms with Gasteiger partial charge >= 0.3 is 6.18 Å². The van der Waals surface area contributed by atoms with E-state index >= 15 is 0 Å². The molecule has 0 spiro atoms. The number of aromatic nitrogens is 3. The lowest BCUT2D eigenvalue weighted by Gasteiger charge is -2.33. The molecule has 178 valence electrons. The molecular formula is C25H25F3N4O2. The van der Waals surface area contributed by atoms with Crippen LogP contribution < -0.4 is 4.90 Å². The van der Waals surface area contributed by atoms with Gasteiger partial charge in [-0.25, -0.2) is 9.97 Å². The molecule has 1 N–H and O–H groups in total. The third-order valence-electron chi connectivity index (χ3n) is 6.15. The molecule has 34 heavy (non-hydrogen) atoms. The first-order valence-corrected chi connectivity index (χ1v) is 11.1. The third kappa shape index (κ3) is 5.52. The van der Waals surface area contributed by atoms with Crippen LogP contribution in [0.25, 0.3) is 0 Å². The number of alkyl halides is 3. The smallest absolute Gasteiger partial charge is 0.433 e. The Hall–Kier alpha value is -3.49. The van der Waals surface area contributed by atoms with Crippen molar-refractivity contribution in [2.45, 2.75) is 38.8 Å². The van der Waals surface area contributed by atoms with Crippen molar-refractivity contribution in [2.75, 3.05) is 18.0 Å². The summed E-state index contributed by atoms with van der Waals surface area (Å²) in [5.74, 6) is 0.815. The quantitative estimate of drug-likeness (QED) is 0.523. The summed E-state index contributed by atoms with van der Waals surface area (Å²) in [5, 5.41) is 9.82. The fraction of sp³-hybridized carbons (Fsp3) is 0.360. The van der Waals surface area contributed by atoms with Gasteiger partial charge in [-0.2, -0.15) is 13.2 Å². The number of carbonyl (C=O) groups excluding carboxylic acids is 1. The van der Waals surface area contributed by atoms with E-state index in [-0.39, 0.29) is 11.4 Å². The number of rotatable bonds is 6. The van der Waals surface area contributed by atoms with E-state index in [9.17, 15) is 23.1 Å². The number of halogens is 3. The minimum absolute atomic E-state index is 0.0344. The molecule has 0 bridgehead atoms. The van der Waals surface area contributed by atoms with Crippen molar-refractivity contribution in [3.05, 3.63) is 76.6 Å². The Balaban J connectivity index is 1.32. The minimum Gasteiger partial charge on any atom is -0.504 e. The topological polar surface area (TPSA) is 79.2 Å². The number of aldehydes is 1. The van der Waals surface area contributed by atoms with E-state index < -0.39 is 11.9 Å². The molecule has 4 rings (SSSR count). The van der Waals surface area contributed by atoms with Crippen molar-refractivity contribution in [2.24, 2.45) is 5.92 Å². The number of pyridine rings is 1. The van der Waals surface area contributed by atoms with Crippen LogP contribution in [0.2, 0.25) is 0 Å². The number of piperidine rings is 1. The maximum atomic E-state index is 12.7. The van der Waals surface area contributed by atoms with Crippen LogP contribution in [-0.2, 0) is 19.0 Å². The lowest BCUT2D eigenvalue weighted by Crippen LogP contribution is -2.34. The van der Waals surface area contributed by atoms with Crippen molar-refractivity contribution >= 4 is 12.0 Å². The van der Waals surface area contributed by atoms with E-state index in [1.54, 1.807) is 6.92 Å². The SMILES string of the molecule is Cc1nc(CC2CCN(c3ccc(Cc4ccc(C(F)(F)F)nc4)cc3)CC2)nc(C=O)c1O. The summed E-state index contributed by atoms with van der Waals surface area (Å²) in [6.45, 7) is 3.42. The first-order valence-electron chi connectivity index (χ1n) is 11.1. The summed E-state index contributed by atoms with van der Waals surface area (Å²) in [6.07, 6.45) is 0.490. The molecule has 1 aliphatic heterocycles. The lowest BCUT2D eigenvalue weighted by molar-refractivity contribution is -0.141. The van der Waals surface area contributed by atoms with Crippen LogP contribution in [0.3, 0.4) is 0 Å². The normalized spacial score (nSPS) is 14.9. The second-order valence-electron chi connectivity index (χ2n) is 8.60. The number of carbonyl (C=O) groups is 1. The van der Waals surface area contributed by atoms with Gasteiger partial charge in [0.1, 0.15) is 17.2 Å². The summed E-state index contributed by atoms with van der Waals surface area (Å²) in [6, 6.07) is 10.5. The van der Waals surface area contributed by atoms with Gasteiger partial charge in [-0.15, -0.1) is 0 Å². The summed E-state index contributed by atoms with van der Waals surface area (Å²) >= 11 is 0. The molecule has 2 aromatic heterocycles. The largest absolute Gasteiger partial charge is 0.504 e. The zero-order chi connectivity index (χ0) is 24.3. The number of aryl methyl sites for hydroxylation is 1. The Morgan fingerprint density at radius 2 is 1.74 bits per heavy atom. The van der Waals surface area contributed by atoms with Gasteiger partial charge in [0.15, 0.2) is 12.0 Å². The predicted molar refractivity (Wildman–Crippen MR) is 121 cm³/mol. The molecule has 3 aromatic rings. The van der Waals surface area contributed by atoms with Gasteiger partial charge in [0.05, 0.1) is 5.69 Å². The molecule has 0 saturated carbocycles. The van der Waals surface area contributed by atoms with E-state index in [0.717, 1.165) is 48.8 Å². The van der Waals surface area contributed by atoms with Gasteiger partial charge in [0.25, 0.3) is 0 Å². The van der Waals surface area contributed by atoms with Gasteiger partial charge in [0.2, 0.25) is 0 Å². The zero-order valence-electron chi connectivity index (χ0n) is 18.7. The molecule has 0 amide bonds. The second kappa shape index (κ2) is 9.79. The van der Waals surface area contributed by atoms with E-state index in [2.05, 4.69) is 19.9 Å². The molecule has 0 aliphatic carbocycles. The van der Waals surface area contributed by atoms with Crippen LogP contribution in [-0.4, -0.2) is 39.4 Å². The van der Waals surface area contributed by atoms with Gasteiger partial charge < -0.3 is 10.0 Å². The standard InChI is InChI=1S/C25H25F3N4O2/c1-16-24(34)21(15-33)31-23(30-16)13-18-8-10-32(11-9-18)20-5-2-17(3-6-20)12-19-4-7-22(29-14-19)25(26,27)28/h2-7,14-15,18,34H,8-13H2,1H3. The van der Waals surface area contributed by atoms with Gasteiger partial charge in [-0.3, -0.25) is 9.78 Å². The highest BCUT2D eigenvalue weighted by Gasteiger charge is 2.32. The van der Waals surface area contributed by atoms with Crippen molar-refractivity contribution in [1.82, 2.24) is 15.0 Å². The highest BCUT2D eigenvalue weighted by Crippen LogP contribution is 2.29. The monoisotopic (exact) mass is 470 g/mol. The second-order valence-corrected chi connectivity index (χ2v) is 8.60. The Labute approximate surface area is 195 Å². The van der Waals surface area contributed by atoms with Crippen LogP contribution >= 0.6 is 0 Å². The Bertz CT molecular complexity index is 1140. The van der Waals surface area contributed by atoms with Crippen molar-refractivity contribution in [3.63, 3.8) is 0 Å². The molecule has 9 heteroatoms. The molecule has 0 radical (unpaired) electrons. The number of anilines is 1. The molecule has 1 aliphatic rings. The average Bonchev–Trinajstić information content (AvgIpc) is 2.82. The molecule has 0 unspecified atom stereocenters. The highest BCUT2D eigenvalue weighted by atomic mass is 19.4. The Kier molecular flexibility index (Phi) is 6.81. The molecule has 0 atom stereocenters. The van der Waals surface area contributed by atoms with Crippen LogP contribution in [0.15, 0.2) is 42.6 Å². The van der Waals surface area contributed by atoms with Gasteiger partial charge in [0, 0.05) is 31.4 Å².